The molecule has 18 heteroatoms. The van der Waals surface area contributed by atoms with Crippen LogP contribution < -0.4 is 20.7 Å². The van der Waals surface area contributed by atoms with Crippen molar-refractivity contribution < 1.29 is 56.3 Å². The lowest BCUT2D eigenvalue weighted by molar-refractivity contribution is -0.166. The molecule has 2 aromatic rings. The summed E-state index contributed by atoms with van der Waals surface area (Å²) in [6.07, 6.45) is -4.07. The lowest BCUT2D eigenvalue weighted by Gasteiger charge is -2.20. The third-order valence-electron chi connectivity index (χ3n) is 7.97. The fraction of sp³-hybridized carbons (Fsp3) is 0.559. The van der Waals surface area contributed by atoms with Crippen molar-refractivity contribution in [1.29, 1.82) is 0 Å². The maximum atomic E-state index is 13.6. The Morgan fingerprint density at radius 3 is 2.37 bits per heavy atom. The number of nitrogens with one attached hydrogen (secondary N) is 3. The zero-order chi connectivity index (χ0) is 38.2. The zero-order valence-electron chi connectivity index (χ0n) is 29.2. The van der Waals surface area contributed by atoms with E-state index in [-0.39, 0.29) is 80.7 Å². The number of unbranched alkanes of at least 4 members (excludes halogenated alkanes) is 2. The Bertz CT molecular complexity index is 1560. The lowest BCUT2D eigenvalue weighted by Crippen LogP contribution is -2.31. The van der Waals surface area contributed by atoms with E-state index in [1.165, 1.54) is 13.0 Å². The van der Waals surface area contributed by atoms with Gasteiger partial charge < -0.3 is 40.2 Å². The smallest absolute Gasteiger partial charge is 0.442 e. The van der Waals surface area contributed by atoms with E-state index in [2.05, 4.69) is 26.2 Å². The van der Waals surface area contributed by atoms with E-state index in [9.17, 15) is 42.1 Å². The number of alkyl halides is 3. The summed E-state index contributed by atoms with van der Waals surface area (Å²) in [5, 5.41) is 25.2. The van der Waals surface area contributed by atoms with Crippen LogP contribution in [0.15, 0.2) is 52.7 Å². The van der Waals surface area contributed by atoms with E-state index in [1.807, 2.05) is 13.0 Å². The molecule has 1 aliphatic rings. The van der Waals surface area contributed by atoms with Crippen LogP contribution >= 0.6 is 7.37 Å². The van der Waals surface area contributed by atoms with E-state index in [1.54, 1.807) is 18.2 Å². The van der Waals surface area contributed by atoms with Crippen molar-refractivity contribution in [1.82, 2.24) is 16.0 Å². The second-order valence-electron chi connectivity index (χ2n) is 12.3. The first-order chi connectivity index (χ1) is 24.7. The number of aliphatic hydroxyl groups is 1. The summed E-state index contributed by atoms with van der Waals surface area (Å²) in [6.45, 7) is 4.60. The van der Waals surface area contributed by atoms with Gasteiger partial charge in [0.2, 0.25) is 13.3 Å². The maximum absolute atomic E-state index is 13.6. The number of rotatable bonds is 25. The van der Waals surface area contributed by atoms with Gasteiger partial charge in [0.1, 0.15) is 18.6 Å². The Morgan fingerprint density at radius 1 is 0.981 bits per heavy atom. The zero-order valence-corrected chi connectivity index (χ0v) is 30.1. The molecule has 0 radical (unpaired) electrons. The summed E-state index contributed by atoms with van der Waals surface area (Å²) in [4.78, 5) is 45.3. The minimum atomic E-state index is -4.77. The Morgan fingerprint density at radius 2 is 1.69 bits per heavy atom. The summed E-state index contributed by atoms with van der Waals surface area (Å²) in [7, 11) is -3.64. The molecule has 5 N–H and O–H groups in total. The highest BCUT2D eigenvalue weighted by molar-refractivity contribution is 7.58. The van der Waals surface area contributed by atoms with Gasteiger partial charge in [-0.2, -0.15) is 13.2 Å². The summed E-state index contributed by atoms with van der Waals surface area (Å²) < 4.78 is 70.0. The number of benzene rings is 2. The average molecular weight is 758 g/mol. The number of halogens is 3. The molecular weight excluding hydrogens is 710 g/mol. The molecular formula is C34H47F3N5O9P. The van der Waals surface area contributed by atoms with Gasteiger partial charge >= 0.3 is 11.8 Å². The number of hydrogen-bond acceptors (Lipinski definition) is 11. The van der Waals surface area contributed by atoms with Gasteiger partial charge in [-0.05, 0) is 43.5 Å². The topological polar surface area (TPSA) is 197 Å². The Labute approximate surface area is 300 Å². The second-order valence-corrected chi connectivity index (χ2v) is 14.8. The molecule has 2 aromatic carbocycles. The third kappa shape index (κ3) is 14.0. The largest absolute Gasteiger partial charge is 0.490 e. The molecule has 1 heterocycles. The minimum absolute atomic E-state index is 0.00347. The van der Waals surface area contributed by atoms with Crippen molar-refractivity contribution in [3.63, 3.8) is 0 Å². The molecule has 0 saturated heterocycles. The van der Waals surface area contributed by atoms with Crippen LogP contribution in [0.1, 0.15) is 71.0 Å². The molecule has 0 aliphatic carbocycles. The second kappa shape index (κ2) is 20.5. The van der Waals surface area contributed by atoms with Crippen LogP contribution in [0, 0.1) is 0 Å². The summed E-state index contributed by atoms with van der Waals surface area (Å²) in [5.41, 5.74) is -1.63. The average Bonchev–Trinajstić information content (AvgIpc) is 3.92. The first kappa shape index (κ1) is 42.7. The number of aliphatic hydroxyl groups excluding tert-OH is 1. The van der Waals surface area contributed by atoms with Gasteiger partial charge in [-0.3, -0.25) is 18.9 Å². The molecule has 52 heavy (non-hydrogen) atoms. The van der Waals surface area contributed by atoms with Gasteiger partial charge in [-0.15, -0.1) is 10.2 Å². The molecule has 0 saturated carbocycles. The summed E-state index contributed by atoms with van der Waals surface area (Å²) in [5.74, 6) is -0.864. The number of carbonyl (C=O) groups excluding carboxylic acids is 3. The fourth-order valence-corrected chi connectivity index (χ4v) is 6.78. The third-order valence-corrected chi connectivity index (χ3v) is 9.98. The van der Waals surface area contributed by atoms with Crippen LogP contribution in [-0.4, -0.2) is 105 Å². The Balaban J connectivity index is 1.41. The predicted octanol–water partition coefficient (Wildman–Crippen LogP) is 4.11. The number of nitrogens with zero attached hydrogens (tertiary/aromatic N) is 2. The van der Waals surface area contributed by atoms with Crippen molar-refractivity contribution in [2.75, 3.05) is 65.0 Å². The van der Waals surface area contributed by atoms with Crippen molar-refractivity contribution >= 4 is 25.5 Å². The number of amides is 2. The van der Waals surface area contributed by atoms with Crippen molar-refractivity contribution in [2.45, 2.75) is 57.1 Å². The van der Waals surface area contributed by atoms with Crippen molar-refractivity contribution in [3.8, 4) is 5.75 Å². The molecule has 1 aliphatic heterocycles. The normalized spacial score (nSPS) is 15.7. The highest BCUT2D eigenvalue weighted by Gasteiger charge is 2.65. The van der Waals surface area contributed by atoms with Crippen LogP contribution in [0.3, 0.4) is 0 Å². The van der Waals surface area contributed by atoms with Gasteiger partial charge in [-0.25, -0.2) is 0 Å². The summed E-state index contributed by atoms with van der Waals surface area (Å²) >= 11 is 0. The van der Waals surface area contributed by atoms with Crippen molar-refractivity contribution in [3.05, 3.63) is 64.7 Å². The first-order valence-electron chi connectivity index (χ1n) is 16.9. The number of hydrogen-bond donors (Lipinski definition) is 5. The maximum Gasteiger partial charge on any atom is 0.442 e. The van der Waals surface area contributed by atoms with E-state index >= 15 is 0 Å². The predicted molar refractivity (Wildman–Crippen MR) is 185 cm³/mol. The highest BCUT2D eigenvalue weighted by Crippen LogP contribution is 2.53. The molecule has 14 nitrogen and oxygen atoms in total. The van der Waals surface area contributed by atoms with Crippen LogP contribution in [0.25, 0.3) is 0 Å². The quantitative estimate of drug-likeness (QED) is 0.0559. The number of carbonyl (C=O) groups is 3. The first-order valence-corrected chi connectivity index (χ1v) is 18.9. The Kier molecular flexibility index (Phi) is 16.8. The van der Waals surface area contributed by atoms with Gasteiger partial charge in [0.15, 0.2) is 0 Å². The van der Waals surface area contributed by atoms with Crippen LogP contribution in [-0.2, 0) is 24.5 Å². The SMILES string of the molecule is CC(=O)NCCOCCOCCOc1cc(C2(C(F)(F)F)N=N2)ccc1C(=O)NCCCCCP(=O)(O)C[C@@H](O)CN[C@H](C)c1cccc(C=O)c1. The van der Waals surface area contributed by atoms with Gasteiger partial charge in [-0.1, -0.05) is 30.7 Å². The lowest BCUT2D eigenvalue weighted by atomic mass is 10.00. The molecule has 1 unspecified atom stereocenters. The van der Waals surface area contributed by atoms with Gasteiger partial charge in [0.25, 0.3) is 5.91 Å². The van der Waals surface area contributed by atoms with Crippen molar-refractivity contribution in [2.24, 2.45) is 10.2 Å². The monoisotopic (exact) mass is 757 g/mol. The van der Waals surface area contributed by atoms with E-state index in [0.717, 1.165) is 24.0 Å². The molecule has 0 fully saturated rings. The van der Waals surface area contributed by atoms with E-state index in [4.69, 9.17) is 14.2 Å². The number of aldehydes is 1. The summed E-state index contributed by atoms with van der Waals surface area (Å²) in [6, 6.07) is 10.2. The molecule has 288 valence electrons. The van der Waals surface area contributed by atoms with Crippen LogP contribution in [0.5, 0.6) is 5.75 Å². The van der Waals surface area contributed by atoms with Crippen LogP contribution in [0.2, 0.25) is 0 Å². The van der Waals surface area contributed by atoms with Gasteiger partial charge in [0.05, 0.1) is 44.3 Å². The molecule has 0 bridgehead atoms. The minimum Gasteiger partial charge on any atom is -0.490 e. The van der Waals surface area contributed by atoms with Crippen LogP contribution in [0.4, 0.5) is 13.2 Å². The highest BCUT2D eigenvalue weighted by atomic mass is 31.2. The van der Waals surface area contributed by atoms with E-state index in [0.29, 0.717) is 38.0 Å². The fourth-order valence-electron chi connectivity index (χ4n) is 5.10. The van der Waals surface area contributed by atoms with Gasteiger partial charge in [0, 0.05) is 49.9 Å². The molecule has 3 atom stereocenters. The molecule has 0 spiro atoms. The van der Waals surface area contributed by atoms with E-state index < -0.39 is 31.2 Å². The Hall–Kier alpha value is -3.73. The molecule has 0 aromatic heterocycles. The molecule has 3 rings (SSSR count). The number of ether oxygens (including phenoxy) is 3. The standard InChI is InChI=1S/C34H47F3N5O9P/c1-24(27-8-6-7-26(19-27)22-43)40-21-29(45)23-52(47,48)18-5-3-4-11-39-32(46)30-10-9-28(33(41-42-33)34(35,36)37)20-31(30)51-17-16-50-15-14-49-13-12-38-25(2)44/h6-10,19-20,22,24,29,40,45H,3-5,11-18,21,23H2,1-2H3,(H,38,44)(H,39,46)(H,47,48)/t24-,29+/m1/s1. The molecule has 2 amide bonds.